The SMILES string of the molecule is CC(=O)Oc1ccc(-c2ccc(C(=O)OCC(=O)N3c4ccccc4NC(=O)C3(C)C)cc2)cc1. The molecule has 3 aromatic carbocycles. The van der Waals surface area contributed by atoms with Crippen molar-refractivity contribution in [2.75, 3.05) is 16.8 Å². The lowest BCUT2D eigenvalue weighted by Crippen LogP contribution is -2.59. The van der Waals surface area contributed by atoms with Gasteiger partial charge < -0.3 is 14.8 Å². The fourth-order valence-corrected chi connectivity index (χ4v) is 3.85. The molecule has 0 aromatic heterocycles. The summed E-state index contributed by atoms with van der Waals surface area (Å²) in [6.07, 6.45) is 0. The van der Waals surface area contributed by atoms with Gasteiger partial charge >= 0.3 is 11.9 Å². The van der Waals surface area contributed by atoms with Crippen LogP contribution in [0.5, 0.6) is 5.75 Å². The van der Waals surface area contributed by atoms with Crippen molar-refractivity contribution in [3.8, 4) is 16.9 Å². The summed E-state index contributed by atoms with van der Waals surface area (Å²) in [4.78, 5) is 50.5. The number of esters is 2. The largest absolute Gasteiger partial charge is 0.452 e. The lowest BCUT2D eigenvalue weighted by atomic mass is 9.96. The maximum absolute atomic E-state index is 13.0. The number of ether oxygens (including phenoxy) is 2. The number of carbonyl (C=O) groups is 4. The van der Waals surface area contributed by atoms with E-state index in [-0.39, 0.29) is 11.5 Å². The highest BCUT2D eigenvalue weighted by Crippen LogP contribution is 2.36. The molecule has 0 fully saturated rings. The Kier molecular flexibility index (Phi) is 6.38. The number of benzene rings is 3. The zero-order valence-corrected chi connectivity index (χ0v) is 19.5. The predicted molar refractivity (Wildman–Crippen MR) is 130 cm³/mol. The van der Waals surface area contributed by atoms with E-state index in [4.69, 9.17) is 9.47 Å². The quantitative estimate of drug-likeness (QED) is 0.441. The highest BCUT2D eigenvalue weighted by molar-refractivity contribution is 6.14. The molecule has 0 bridgehead atoms. The van der Waals surface area contributed by atoms with Crippen LogP contribution in [0.15, 0.2) is 72.8 Å². The van der Waals surface area contributed by atoms with Crippen molar-refractivity contribution in [1.82, 2.24) is 0 Å². The molecule has 8 heteroatoms. The van der Waals surface area contributed by atoms with Crippen molar-refractivity contribution in [3.63, 3.8) is 0 Å². The van der Waals surface area contributed by atoms with Crippen LogP contribution in [-0.4, -0.2) is 35.9 Å². The lowest BCUT2D eigenvalue weighted by molar-refractivity contribution is -0.131. The van der Waals surface area contributed by atoms with Gasteiger partial charge in [-0.25, -0.2) is 4.79 Å². The topological polar surface area (TPSA) is 102 Å². The van der Waals surface area contributed by atoms with Crippen LogP contribution in [0.2, 0.25) is 0 Å². The summed E-state index contributed by atoms with van der Waals surface area (Å²) in [5, 5.41) is 2.79. The number of nitrogens with zero attached hydrogens (tertiary/aromatic N) is 1. The number of rotatable bonds is 5. The van der Waals surface area contributed by atoms with Gasteiger partial charge in [-0.05, 0) is 61.4 Å². The van der Waals surface area contributed by atoms with Gasteiger partial charge in [0.1, 0.15) is 11.3 Å². The number of hydrogen-bond acceptors (Lipinski definition) is 6. The molecular formula is C27H24N2O6. The van der Waals surface area contributed by atoms with Crippen LogP contribution in [0.1, 0.15) is 31.1 Å². The predicted octanol–water partition coefficient (Wildman–Crippen LogP) is 4.20. The van der Waals surface area contributed by atoms with Crippen LogP contribution in [0.4, 0.5) is 11.4 Å². The van der Waals surface area contributed by atoms with Gasteiger partial charge in [-0.15, -0.1) is 0 Å². The first kappa shape index (κ1) is 23.7. The Bertz CT molecular complexity index is 1300. The number of para-hydroxylation sites is 2. The number of anilines is 2. The molecule has 0 atom stereocenters. The minimum absolute atomic E-state index is 0.286. The number of nitrogens with one attached hydrogen (secondary N) is 1. The van der Waals surface area contributed by atoms with E-state index in [1.807, 2.05) is 0 Å². The molecule has 0 spiro atoms. The Balaban J connectivity index is 1.43. The van der Waals surface area contributed by atoms with Gasteiger partial charge in [0.2, 0.25) is 5.91 Å². The second-order valence-electron chi connectivity index (χ2n) is 8.53. The Morgan fingerprint density at radius 3 is 2.11 bits per heavy atom. The smallest absolute Gasteiger partial charge is 0.338 e. The number of fused-ring (bicyclic) bond motifs is 1. The van der Waals surface area contributed by atoms with E-state index in [0.717, 1.165) is 11.1 Å². The Morgan fingerprint density at radius 1 is 0.886 bits per heavy atom. The van der Waals surface area contributed by atoms with Gasteiger partial charge in [-0.3, -0.25) is 19.3 Å². The first-order valence-corrected chi connectivity index (χ1v) is 11.0. The van der Waals surface area contributed by atoms with E-state index in [1.165, 1.54) is 11.8 Å². The molecule has 1 heterocycles. The summed E-state index contributed by atoms with van der Waals surface area (Å²) in [6, 6.07) is 20.7. The minimum Gasteiger partial charge on any atom is -0.452 e. The van der Waals surface area contributed by atoms with E-state index in [0.29, 0.717) is 17.1 Å². The van der Waals surface area contributed by atoms with Gasteiger partial charge in [0, 0.05) is 6.92 Å². The normalized spacial score (nSPS) is 13.9. The van der Waals surface area contributed by atoms with Gasteiger partial charge in [0.25, 0.3) is 5.91 Å². The van der Waals surface area contributed by atoms with Gasteiger partial charge in [0.05, 0.1) is 16.9 Å². The maximum Gasteiger partial charge on any atom is 0.338 e. The maximum atomic E-state index is 13.0. The summed E-state index contributed by atoms with van der Waals surface area (Å²) in [5.41, 5.74) is 1.93. The van der Waals surface area contributed by atoms with Crippen molar-refractivity contribution in [1.29, 1.82) is 0 Å². The molecule has 0 unspecified atom stereocenters. The zero-order chi connectivity index (χ0) is 25.2. The summed E-state index contributed by atoms with van der Waals surface area (Å²) in [6.45, 7) is 4.09. The van der Waals surface area contributed by atoms with Crippen molar-refractivity contribution >= 4 is 35.1 Å². The zero-order valence-electron chi connectivity index (χ0n) is 19.5. The number of carbonyl (C=O) groups excluding carboxylic acids is 4. The molecule has 0 radical (unpaired) electrons. The fourth-order valence-electron chi connectivity index (χ4n) is 3.85. The van der Waals surface area contributed by atoms with Crippen molar-refractivity contribution in [2.24, 2.45) is 0 Å². The molecule has 1 N–H and O–H groups in total. The van der Waals surface area contributed by atoms with E-state index in [9.17, 15) is 19.2 Å². The molecule has 1 aliphatic heterocycles. The van der Waals surface area contributed by atoms with E-state index < -0.39 is 30.0 Å². The highest BCUT2D eigenvalue weighted by atomic mass is 16.5. The monoisotopic (exact) mass is 472 g/mol. The van der Waals surface area contributed by atoms with Crippen molar-refractivity contribution < 1.29 is 28.7 Å². The molecule has 1 aliphatic rings. The Hall–Kier alpha value is -4.46. The third-order valence-corrected chi connectivity index (χ3v) is 5.65. The molecule has 8 nitrogen and oxygen atoms in total. The average Bonchev–Trinajstić information content (AvgIpc) is 2.83. The number of amides is 2. The standard InChI is InChI=1S/C27H24N2O6/c1-17(30)35-21-14-12-19(13-15-21)18-8-10-20(11-9-18)25(32)34-16-24(31)29-23-7-5-4-6-22(23)28-26(33)27(29,2)3/h4-15H,16H2,1-3H3,(H,28,33). The highest BCUT2D eigenvalue weighted by Gasteiger charge is 2.43. The average molecular weight is 472 g/mol. The number of hydrogen-bond donors (Lipinski definition) is 1. The lowest BCUT2D eigenvalue weighted by Gasteiger charge is -2.41. The molecule has 3 aromatic rings. The molecule has 4 rings (SSSR count). The summed E-state index contributed by atoms with van der Waals surface area (Å²) < 4.78 is 10.3. The van der Waals surface area contributed by atoms with Crippen molar-refractivity contribution in [3.05, 3.63) is 78.4 Å². The van der Waals surface area contributed by atoms with Crippen LogP contribution in [0, 0.1) is 0 Å². The molecule has 0 aliphatic carbocycles. The van der Waals surface area contributed by atoms with E-state index in [2.05, 4.69) is 5.32 Å². The van der Waals surface area contributed by atoms with E-state index in [1.54, 1.807) is 86.6 Å². The van der Waals surface area contributed by atoms with Crippen LogP contribution in [0.3, 0.4) is 0 Å². The van der Waals surface area contributed by atoms with Gasteiger partial charge in [-0.1, -0.05) is 36.4 Å². The van der Waals surface area contributed by atoms with Crippen molar-refractivity contribution in [2.45, 2.75) is 26.3 Å². The summed E-state index contributed by atoms with van der Waals surface area (Å²) in [7, 11) is 0. The second kappa shape index (κ2) is 9.42. The fraction of sp³-hybridized carbons (Fsp3) is 0.185. The molecule has 0 saturated heterocycles. The third kappa shape index (κ3) is 4.91. The first-order valence-electron chi connectivity index (χ1n) is 11.0. The molecule has 178 valence electrons. The summed E-state index contributed by atoms with van der Waals surface area (Å²) in [5.74, 6) is -1.43. The van der Waals surface area contributed by atoms with Gasteiger partial charge in [0.15, 0.2) is 6.61 Å². The van der Waals surface area contributed by atoms with E-state index >= 15 is 0 Å². The van der Waals surface area contributed by atoms with Crippen LogP contribution < -0.4 is 15.0 Å². The molecule has 2 amide bonds. The first-order chi connectivity index (χ1) is 16.7. The molecule has 35 heavy (non-hydrogen) atoms. The summed E-state index contributed by atoms with van der Waals surface area (Å²) >= 11 is 0. The Morgan fingerprint density at radius 2 is 1.49 bits per heavy atom. The van der Waals surface area contributed by atoms with Gasteiger partial charge in [-0.2, -0.15) is 0 Å². The Labute approximate surface area is 202 Å². The molecule has 0 saturated carbocycles. The van der Waals surface area contributed by atoms with Crippen LogP contribution >= 0.6 is 0 Å². The molecular weight excluding hydrogens is 448 g/mol. The minimum atomic E-state index is -1.15. The third-order valence-electron chi connectivity index (χ3n) is 5.65. The van der Waals surface area contributed by atoms with Crippen LogP contribution in [-0.2, 0) is 19.1 Å². The van der Waals surface area contributed by atoms with Crippen LogP contribution in [0.25, 0.3) is 11.1 Å². The second-order valence-corrected chi connectivity index (χ2v) is 8.53.